The largest absolute Gasteiger partial charge is 0.493 e. The van der Waals surface area contributed by atoms with Crippen molar-refractivity contribution in [3.63, 3.8) is 0 Å². The summed E-state index contributed by atoms with van der Waals surface area (Å²) in [5, 5.41) is 3.85. The second kappa shape index (κ2) is 6.37. The van der Waals surface area contributed by atoms with Gasteiger partial charge in [0.25, 0.3) is 0 Å². The number of aldehydes is 1. The van der Waals surface area contributed by atoms with Crippen LogP contribution in [0.5, 0.6) is 5.75 Å². The van der Waals surface area contributed by atoms with Gasteiger partial charge in [0.1, 0.15) is 17.8 Å². The van der Waals surface area contributed by atoms with Gasteiger partial charge in [-0.25, -0.2) is 0 Å². The number of aromatic nitrogens is 1. The molecule has 2 aromatic rings. The number of hydrogen-bond donors (Lipinski definition) is 0. The topological polar surface area (TPSA) is 52.3 Å². The molecule has 0 fully saturated rings. The van der Waals surface area contributed by atoms with Crippen LogP contribution in [0.25, 0.3) is 0 Å². The van der Waals surface area contributed by atoms with Gasteiger partial charge in [-0.1, -0.05) is 5.16 Å². The fourth-order valence-electron chi connectivity index (χ4n) is 2.23. The molecule has 4 nitrogen and oxygen atoms in total. The highest BCUT2D eigenvalue weighted by Crippen LogP contribution is 2.24. The first kappa shape index (κ1) is 14.3. The number of nitrogens with zero attached hydrogens (tertiary/aromatic N) is 1. The van der Waals surface area contributed by atoms with Crippen LogP contribution < -0.4 is 4.74 Å². The van der Waals surface area contributed by atoms with E-state index in [9.17, 15) is 4.79 Å². The van der Waals surface area contributed by atoms with Crippen molar-refractivity contribution >= 4 is 6.29 Å². The standard InChI is InChI=1S/C16H19NO3/c1-11-7-14(10-18)8-12(2)16(11)19-6-4-5-15-9-13(3)17-20-15/h7-10H,4-6H2,1-3H3. The molecular weight excluding hydrogens is 254 g/mol. The number of carbonyl (C=O) groups is 1. The summed E-state index contributed by atoms with van der Waals surface area (Å²) in [6, 6.07) is 5.62. The summed E-state index contributed by atoms with van der Waals surface area (Å²) >= 11 is 0. The molecule has 0 aliphatic heterocycles. The van der Waals surface area contributed by atoms with E-state index in [1.165, 1.54) is 0 Å². The van der Waals surface area contributed by atoms with E-state index in [4.69, 9.17) is 9.26 Å². The summed E-state index contributed by atoms with van der Waals surface area (Å²) in [5.41, 5.74) is 3.56. The zero-order valence-corrected chi connectivity index (χ0v) is 12.1. The Morgan fingerprint density at radius 1 is 1.20 bits per heavy atom. The molecule has 106 valence electrons. The van der Waals surface area contributed by atoms with Gasteiger partial charge >= 0.3 is 0 Å². The lowest BCUT2D eigenvalue weighted by molar-refractivity contribution is 0.112. The van der Waals surface area contributed by atoms with Gasteiger partial charge in [-0.05, 0) is 50.5 Å². The molecule has 0 amide bonds. The maximum atomic E-state index is 10.8. The highest BCUT2D eigenvalue weighted by atomic mass is 16.5. The first-order valence-electron chi connectivity index (χ1n) is 6.71. The molecule has 1 aromatic carbocycles. The van der Waals surface area contributed by atoms with Gasteiger partial charge in [0.05, 0.1) is 12.3 Å². The third kappa shape index (κ3) is 3.47. The van der Waals surface area contributed by atoms with Crippen molar-refractivity contribution in [1.29, 1.82) is 0 Å². The van der Waals surface area contributed by atoms with Crippen LogP contribution in [0.2, 0.25) is 0 Å². The highest BCUT2D eigenvalue weighted by molar-refractivity contribution is 5.76. The van der Waals surface area contributed by atoms with Crippen LogP contribution >= 0.6 is 0 Å². The average Bonchev–Trinajstić information content (AvgIpc) is 2.82. The van der Waals surface area contributed by atoms with Crippen LogP contribution in [0.15, 0.2) is 22.7 Å². The van der Waals surface area contributed by atoms with E-state index < -0.39 is 0 Å². The summed E-state index contributed by atoms with van der Waals surface area (Å²) < 4.78 is 11.0. The van der Waals surface area contributed by atoms with Gasteiger partial charge in [0.2, 0.25) is 0 Å². The van der Waals surface area contributed by atoms with Gasteiger partial charge in [0, 0.05) is 18.1 Å². The summed E-state index contributed by atoms with van der Waals surface area (Å²) in [4.78, 5) is 10.8. The SMILES string of the molecule is Cc1cc(CCCOc2c(C)cc(C=O)cc2C)on1. The number of rotatable bonds is 6. The van der Waals surface area contributed by atoms with Crippen LogP contribution in [-0.4, -0.2) is 18.0 Å². The third-order valence-electron chi connectivity index (χ3n) is 3.11. The monoisotopic (exact) mass is 273 g/mol. The van der Waals surface area contributed by atoms with Crippen molar-refractivity contribution in [2.24, 2.45) is 0 Å². The highest BCUT2D eigenvalue weighted by Gasteiger charge is 2.07. The Hall–Kier alpha value is -2.10. The van der Waals surface area contributed by atoms with Gasteiger partial charge in [-0.15, -0.1) is 0 Å². The Labute approximate surface area is 118 Å². The summed E-state index contributed by atoms with van der Waals surface area (Å²) in [5.74, 6) is 1.75. The van der Waals surface area contributed by atoms with Crippen LogP contribution in [-0.2, 0) is 6.42 Å². The lowest BCUT2D eigenvalue weighted by Gasteiger charge is -2.12. The maximum Gasteiger partial charge on any atom is 0.150 e. The Morgan fingerprint density at radius 2 is 1.90 bits per heavy atom. The molecule has 20 heavy (non-hydrogen) atoms. The molecule has 0 unspecified atom stereocenters. The molecule has 0 aliphatic rings. The lowest BCUT2D eigenvalue weighted by Crippen LogP contribution is -2.02. The van der Waals surface area contributed by atoms with E-state index in [0.29, 0.717) is 12.2 Å². The second-order valence-corrected chi connectivity index (χ2v) is 4.99. The van der Waals surface area contributed by atoms with Gasteiger partial charge in [-0.2, -0.15) is 0 Å². The molecule has 0 radical (unpaired) electrons. The van der Waals surface area contributed by atoms with E-state index in [1.807, 2.05) is 39.0 Å². The summed E-state index contributed by atoms with van der Waals surface area (Å²) in [7, 11) is 0. The van der Waals surface area contributed by atoms with Gasteiger partial charge < -0.3 is 9.26 Å². The van der Waals surface area contributed by atoms with Gasteiger partial charge in [0.15, 0.2) is 0 Å². The van der Waals surface area contributed by atoms with Gasteiger partial charge in [-0.3, -0.25) is 4.79 Å². The van der Waals surface area contributed by atoms with Crippen molar-refractivity contribution in [1.82, 2.24) is 5.16 Å². The zero-order valence-electron chi connectivity index (χ0n) is 12.1. The molecule has 1 aromatic heterocycles. The molecule has 0 saturated heterocycles. The predicted octanol–water partition coefficient (Wildman–Crippen LogP) is 3.42. The Bertz CT molecular complexity index is 579. The van der Waals surface area contributed by atoms with Crippen LogP contribution in [0.1, 0.15) is 39.4 Å². The quantitative estimate of drug-likeness (QED) is 0.597. The minimum absolute atomic E-state index is 0.613. The maximum absolute atomic E-state index is 10.8. The van der Waals surface area contributed by atoms with Crippen molar-refractivity contribution in [2.75, 3.05) is 6.61 Å². The molecule has 0 spiro atoms. The molecule has 0 saturated carbocycles. The number of hydrogen-bond acceptors (Lipinski definition) is 4. The predicted molar refractivity (Wildman–Crippen MR) is 76.4 cm³/mol. The number of carbonyl (C=O) groups excluding carboxylic acids is 1. The van der Waals surface area contributed by atoms with E-state index in [1.54, 1.807) is 0 Å². The molecule has 0 bridgehead atoms. The van der Waals surface area contributed by atoms with E-state index in [-0.39, 0.29) is 0 Å². The van der Waals surface area contributed by atoms with E-state index in [2.05, 4.69) is 5.16 Å². The smallest absolute Gasteiger partial charge is 0.150 e. The molecule has 1 heterocycles. The Balaban J connectivity index is 1.89. The summed E-state index contributed by atoms with van der Waals surface area (Å²) in [6.45, 7) is 6.43. The van der Waals surface area contributed by atoms with Crippen molar-refractivity contribution in [3.05, 3.63) is 46.3 Å². The number of ether oxygens (including phenoxy) is 1. The third-order valence-corrected chi connectivity index (χ3v) is 3.11. The molecule has 0 atom stereocenters. The Morgan fingerprint density at radius 3 is 2.45 bits per heavy atom. The lowest BCUT2D eigenvalue weighted by atomic mass is 10.1. The van der Waals surface area contributed by atoms with Crippen molar-refractivity contribution in [3.8, 4) is 5.75 Å². The number of aryl methyl sites for hydroxylation is 4. The van der Waals surface area contributed by atoms with Crippen LogP contribution in [0.4, 0.5) is 0 Å². The molecule has 0 aliphatic carbocycles. The normalized spacial score (nSPS) is 10.6. The minimum Gasteiger partial charge on any atom is -0.493 e. The fraction of sp³-hybridized carbons (Fsp3) is 0.375. The zero-order chi connectivity index (χ0) is 14.5. The number of benzene rings is 1. The first-order valence-corrected chi connectivity index (χ1v) is 6.71. The van der Waals surface area contributed by atoms with Crippen molar-refractivity contribution in [2.45, 2.75) is 33.6 Å². The van der Waals surface area contributed by atoms with Crippen LogP contribution in [0.3, 0.4) is 0 Å². The molecular formula is C16H19NO3. The van der Waals surface area contributed by atoms with Crippen LogP contribution in [0, 0.1) is 20.8 Å². The summed E-state index contributed by atoms with van der Waals surface area (Å²) in [6.07, 6.45) is 2.53. The second-order valence-electron chi connectivity index (χ2n) is 4.99. The average molecular weight is 273 g/mol. The molecule has 4 heteroatoms. The van der Waals surface area contributed by atoms with E-state index in [0.717, 1.165) is 47.5 Å². The Kier molecular flexibility index (Phi) is 4.56. The fourth-order valence-corrected chi connectivity index (χ4v) is 2.23. The van der Waals surface area contributed by atoms with E-state index >= 15 is 0 Å². The minimum atomic E-state index is 0.613. The van der Waals surface area contributed by atoms with Crippen molar-refractivity contribution < 1.29 is 14.1 Å². The molecule has 0 N–H and O–H groups in total. The molecule has 2 rings (SSSR count). The first-order chi connectivity index (χ1) is 9.60.